The molecule has 4 aromatic carbocycles. The van der Waals surface area contributed by atoms with E-state index in [1.54, 1.807) is 0 Å². The Balaban J connectivity index is 0.00000372. The number of benzene rings is 4. The van der Waals surface area contributed by atoms with Gasteiger partial charge in [0.1, 0.15) is 5.66 Å². The molecule has 6 aliphatic rings. The summed E-state index contributed by atoms with van der Waals surface area (Å²) >= 11 is 0. The molecule has 6 heteroatoms. The van der Waals surface area contributed by atoms with Crippen molar-refractivity contribution in [2.45, 2.75) is 109 Å². The van der Waals surface area contributed by atoms with Crippen LogP contribution < -0.4 is 14.5 Å². The molecule has 10 rings (SSSR count). The molecule has 0 saturated heterocycles. The first kappa shape index (κ1) is 34.8. The van der Waals surface area contributed by atoms with Gasteiger partial charge in [-0.25, -0.2) is 0 Å². The Morgan fingerprint density at radius 3 is 1.38 bits per heavy atom. The van der Waals surface area contributed by atoms with Crippen molar-refractivity contribution in [3.8, 4) is 22.6 Å². The molecule has 1 spiro atoms. The van der Waals surface area contributed by atoms with Crippen molar-refractivity contribution in [3.05, 3.63) is 143 Å². The number of ether oxygens (including phenoxy) is 1. The molecule has 5 nitrogen and oxygen atoms in total. The summed E-state index contributed by atoms with van der Waals surface area (Å²) in [5.74, 6) is 1.46. The van der Waals surface area contributed by atoms with E-state index < -0.39 is 5.66 Å². The molecular formula is C47H48N4OPt. The van der Waals surface area contributed by atoms with Crippen LogP contribution in [0.5, 0.6) is 11.5 Å². The molecular weight excluding hydrogens is 832 g/mol. The normalized spacial score (nSPS) is 19.7. The summed E-state index contributed by atoms with van der Waals surface area (Å²) in [6, 6.07) is 35.0. The largest absolute Gasteiger partial charge is 4.00 e. The van der Waals surface area contributed by atoms with Crippen molar-refractivity contribution in [2.24, 2.45) is 0 Å². The number of rotatable bonds is 0. The van der Waals surface area contributed by atoms with E-state index in [1.807, 2.05) is 0 Å². The Bertz CT molecular complexity index is 2050. The van der Waals surface area contributed by atoms with Crippen LogP contribution in [-0.2, 0) is 37.6 Å². The number of hydrogen-bond acceptors (Lipinski definition) is 5. The van der Waals surface area contributed by atoms with Crippen LogP contribution in [0.4, 0.5) is 11.4 Å². The van der Waals surface area contributed by atoms with Gasteiger partial charge in [-0.05, 0) is 73.3 Å². The van der Waals surface area contributed by atoms with Crippen molar-refractivity contribution in [1.82, 2.24) is 9.80 Å². The standard InChI is InChI=1S/C47H48N4O.Pt/c1-45(2,3)31-23-33-27-35(25-31)52-36-26-32(46(4,5)6)24-34(28-36)49-30-51(44-22-14-12-20-42(44)49)47(50-29-48(33)41-19-11-13-21-43(41)50)39-17-9-7-15-37(39)38-16-8-10-18-40(38)47;/h7-10,15-18,23-26,29-30H,11-14,19-22H2,1-6H3;/q-4;+4. The second kappa shape index (κ2) is 12.3. The first-order valence-corrected chi connectivity index (χ1v) is 19.4. The molecule has 0 aromatic heterocycles. The predicted molar refractivity (Wildman–Crippen MR) is 209 cm³/mol. The zero-order valence-corrected chi connectivity index (χ0v) is 34.0. The van der Waals surface area contributed by atoms with Crippen LogP contribution in [0, 0.1) is 25.5 Å². The smallest absolute Gasteiger partial charge is 0.509 e. The minimum Gasteiger partial charge on any atom is -0.509 e. The van der Waals surface area contributed by atoms with Gasteiger partial charge in [-0.15, -0.1) is 72.2 Å². The summed E-state index contributed by atoms with van der Waals surface area (Å²) in [5.41, 5.74) is 14.6. The van der Waals surface area contributed by atoms with Crippen LogP contribution in [-0.4, -0.2) is 9.80 Å². The maximum absolute atomic E-state index is 6.90. The van der Waals surface area contributed by atoms with Crippen LogP contribution in [0.3, 0.4) is 0 Å². The number of allylic oxidation sites excluding steroid dienone is 4. The zero-order valence-electron chi connectivity index (χ0n) is 31.8. The Morgan fingerprint density at radius 1 is 0.566 bits per heavy atom. The summed E-state index contributed by atoms with van der Waals surface area (Å²) in [7, 11) is 0. The fourth-order valence-electron chi connectivity index (χ4n) is 9.50. The van der Waals surface area contributed by atoms with Crippen LogP contribution in [0.2, 0.25) is 0 Å². The van der Waals surface area contributed by atoms with Gasteiger partial charge in [0.2, 0.25) is 0 Å². The van der Waals surface area contributed by atoms with E-state index in [4.69, 9.17) is 4.74 Å². The third kappa shape index (κ3) is 5.19. The average Bonchev–Trinajstić information content (AvgIpc) is 3.80. The molecule has 3 heterocycles. The Morgan fingerprint density at radius 2 is 0.962 bits per heavy atom. The fourth-order valence-corrected chi connectivity index (χ4v) is 9.50. The first-order chi connectivity index (χ1) is 25.0. The van der Waals surface area contributed by atoms with E-state index in [2.05, 4.69) is 159 Å². The van der Waals surface area contributed by atoms with Crippen LogP contribution in [0.1, 0.15) is 115 Å². The van der Waals surface area contributed by atoms with Gasteiger partial charge >= 0.3 is 21.1 Å². The predicted octanol–water partition coefficient (Wildman–Crippen LogP) is 11.6. The summed E-state index contributed by atoms with van der Waals surface area (Å²) < 4.78 is 6.90. The zero-order chi connectivity index (χ0) is 35.6. The molecule has 0 radical (unpaired) electrons. The van der Waals surface area contributed by atoms with Gasteiger partial charge in [0.15, 0.2) is 0 Å². The van der Waals surface area contributed by atoms with E-state index in [0.29, 0.717) is 0 Å². The van der Waals surface area contributed by atoms with E-state index >= 15 is 0 Å². The van der Waals surface area contributed by atoms with Crippen LogP contribution >= 0.6 is 0 Å². The molecule has 3 aliphatic heterocycles. The SMILES string of the molecule is CC(C)(C)c1cc2[c-]c(c1)N1[CH-]N(C3=C1CCCC3)C1(c3ccccc3-c3ccccc31)N1[CH-]N(C3=C1CCCC3)c1[c-]c(cc(C(C)(C)C)c1)O2.[Pt+4]. The molecule has 0 unspecified atom stereocenters. The van der Waals surface area contributed by atoms with Gasteiger partial charge < -0.3 is 24.3 Å². The molecule has 0 amide bonds. The minimum absolute atomic E-state index is 0. The summed E-state index contributed by atoms with van der Waals surface area (Å²) in [6.07, 6.45) is 8.82. The summed E-state index contributed by atoms with van der Waals surface area (Å²) in [5, 5.41) is 0. The molecule has 0 fully saturated rings. The second-order valence-corrected chi connectivity index (χ2v) is 17.5. The number of nitrogens with zero attached hydrogens (tertiary/aromatic N) is 4. The number of anilines is 2. The first-order valence-electron chi connectivity index (χ1n) is 19.4. The maximum Gasteiger partial charge on any atom is 4.00 e. The van der Waals surface area contributed by atoms with Gasteiger partial charge in [0.25, 0.3) is 0 Å². The quantitative estimate of drug-likeness (QED) is 0.164. The minimum atomic E-state index is -0.623. The van der Waals surface area contributed by atoms with E-state index in [1.165, 1.54) is 81.9 Å². The van der Waals surface area contributed by atoms with E-state index in [0.717, 1.165) is 48.6 Å². The third-order valence-corrected chi connectivity index (χ3v) is 12.2. The van der Waals surface area contributed by atoms with Crippen molar-refractivity contribution < 1.29 is 25.8 Å². The molecule has 4 aromatic rings. The Labute approximate surface area is 330 Å². The average molecular weight is 880 g/mol. The molecule has 272 valence electrons. The van der Waals surface area contributed by atoms with Crippen LogP contribution in [0.25, 0.3) is 11.1 Å². The Hall–Kier alpha value is -3.95. The van der Waals surface area contributed by atoms with Gasteiger partial charge in [0, 0.05) is 45.4 Å². The topological polar surface area (TPSA) is 22.2 Å². The van der Waals surface area contributed by atoms with E-state index in [-0.39, 0.29) is 31.9 Å². The van der Waals surface area contributed by atoms with Gasteiger partial charge in [-0.2, -0.15) is 0 Å². The van der Waals surface area contributed by atoms with E-state index in [9.17, 15) is 0 Å². The summed E-state index contributed by atoms with van der Waals surface area (Å²) in [6.45, 7) is 18.6. The molecule has 53 heavy (non-hydrogen) atoms. The fraction of sp³-hybridized carbons (Fsp3) is 0.362. The monoisotopic (exact) mass is 879 g/mol. The number of hydrogen-bond donors (Lipinski definition) is 0. The second-order valence-electron chi connectivity index (χ2n) is 17.5. The van der Waals surface area contributed by atoms with Crippen molar-refractivity contribution in [1.29, 1.82) is 0 Å². The van der Waals surface area contributed by atoms with Crippen molar-refractivity contribution >= 4 is 11.4 Å². The molecule has 8 bridgehead atoms. The third-order valence-electron chi connectivity index (χ3n) is 12.2. The molecule has 0 atom stereocenters. The Kier molecular flexibility index (Phi) is 8.06. The van der Waals surface area contributed by atoms with Crippen LogP contribution in [0.15, 0.2) is 95.6 Å². The van der Waals surface area contributed by atoms with Gasteiger partial charge in [-0.3, -0.25) is 0 Å². The summed E-state index contributed by atoms with van der Waals surface area (Å²) in [4.78, 5) is 10.3. The van der Waals surface area contributed by atoms with Crippen molar-refractivity contribution in [3.63, 3.8) is 0 Å². The molecule has 3 aliphatic carbocycles. The van der Waals surface area contributed by atoms with Crippen molar-refractivity contribution in [2.75, 3.05) is 9.80 Å². The number of fused-ring (bicyclic) bond motifs is 21. The molecule has 0 saturated carbocycles. The molecule has 0 N–H and O–H groups in total. The van der Waals surface area contributed by atoms with Gasteiger partial charge in [-0.1, -0.05) is 90.1 Å². The van der Waals surface area contributed by atoms with Gasteiger partial charge in [0.05, 0.1) is 0 Å². The maximum atomic E-state index is 6.90.